The summed E-state index contributed by atoms with van der Waals surface area (Å²) < 4.78 is 6.00. The van der Waals surface area contributed by atoms with Crippen LogP contribution in [-0.2, 0) is 14.3 Å². The summed E-state index contributed by atoms with van der Waals surface area (Å²) in [7, 11) is 0. The molecule has 3 unspecified atom stereocenters. The molecule has 0 aromatic carbocycles. The Labute approximate surface area is 445 Å². The van der Waals surface area contributed by atoms with Crippen molar-refractivity contribution >= 4 is 11.9 Å². The van der Waals surface area contributed by atoms with Crippen LogP contribution in [0.2, 0.25) is 0 Å². The van der Waals surface area contributed by atoms with Crippen LogP contribution in [0, 0.1) is 0 Å². The molecule has 3 atom stereocenters. The molecule has 0 saturated heterocycles. The maximum absolute atomic E-state index is 13.3. The van der Waals surface area contributed by atoms with Crippen LogP contribution in [0.1, 0.15) is 380 Å². The quantitative estimate of drug-likeness (QED) is 0.0417. The summed E-state index contributed by atoms with van der Waals surface area (Å²) in [4.78, 5) is 26.4. The third-order valence-electron chi connectivity index (χ3n) is 15.7. The predicted molar refractivity (Wildman–Crippen MR) is 310 cm³/mol. The van der Waals surface area contributed by atoms with Crippen LogP contribution >= 0.6 is 0 Å². The Bertz CT molecular complexity index is 1040. The van der Waals surface area contributed by atoms with E-state index in [1.54, 1.807) is 0 Å². The molecule has 0 heterocycles. The molecule has 0 spiro atoms. The fourth-order valence-corrected chi connectivity index (χ4v) is 10.7. The smallest absolute Gasteiger partial charge is 0.306 e. The van der Waals surface area contributed by atoms with Crippen molar-refractivity contribution in [3.05, 3.63) is 0 Å². The second-order valence-electron chi connectivity index (χ2n) is 22.9. The molecule has 6 nitrogen and oxygen atoms in total. The third kappa shape index (κ3) is 54.9. The van der Waals surface area contributed by atoms with Gasteiger partial charge in [-0.25, -0.2) is 0 Å². The van der Waals surface area contributed by atoms with Crippen LogP contribution in [0.15, 0.2) is 0 Å². The van der Waals surface area contributed by atoms with Gasteiger partial charge in [0.1, 0.15) is 6.10 Å². The molecule has 0 aromatic rings. The molecule has 1 amide bonds. The highest BCUT2D eigenvalue weighted by Crippen LogP contribution is 2.20. The lowest BCUT2D eigenvalue weighted by Gasteiger charge is -2.24. The number of carbonyl (C=O) groups is 2. The third-order valence-corrected chi connectivity index (χ3v) is 15.7. The summed E-state index contributed by atoms with van der Waals surface area (Å²) in [5, 5.41) is 24.0. The highest BCUT2D eigenvalue weighted by atomic mass is 16.5. The summed E-state index contributed by atoms with van der Waals surface area (Å²) in [6.45, 7) is 6.56. The maximum atomic E-state index is 13.3. The van der Waals surface area contributed by atoms with E-state index in [1.807, 2.05) is 0 Å². The van der Waals surface area contributed by atoms with Crippen molar-refractivity contribution in [1.82, 2.24) is 5.32 Å². The van der Waals surface area contributed by atoms with Gasteiger partial charge in [0.15, 0.2) is 0 Å². The number of aliphatic hydroxyl groups is 2. The van der Waals surface area contributed by atoms with Gasteiger partial charge in [-0.2, -0.15) is 0 Å². The van der Waals surface area contributed by atoms with Gasteiger partial charge >= 0.3 is 5.97 Å². The number of unbranched alkanes of at least 4 members (excludes halogenated alkanes) is 49. The van der Waals surface area contributed by atoms with Crippen molar-refractivity contribution < 1.29 is 24.5 Å². The fraction of sp³-hybridized carbons (Fsp3) is 0.969. The zero-order chi connectivity index (χ0) is 51.6. The van der Waals surface area contributed by atoms with Crippen molar-refractivity contribution in [3.63, 3.8) is 0 Å². The van der Waals surface area contributed by atoms with Crippen molar-refractivity contribution in [2.75, 3.05) is 6.61 Å². The van der Waals surface area contributed by atoms with Gasteiger partial charge in [-0.15, -0.1) is 0 Å². The summed E-state index contributed by atoms with van der Waals surface area (Å²) >= 11 is 0. The molecule has 0 saturated carbocycles. The van der Waals surface area contributed by atoms with E-state index in [0.29, 0.717) is 19.3 Å². The van der Waals surface area contributed by atoms with Gasteiger partial charge in [-0.1, -0.05) is 342 Å². The maximum Gasteiger partial charge on any atom is 0.306 e. The molecule has 0 aliphatic heterocycles. The van der Waals surface area contributed by atoms with E-state index in [0.717, 1.165) is 38.5 Å². The Morgan fingerprint density at radius 1 is 0.352 bits per heavy atom. The van der Waals surface area contributed by atoms with E-state index in [-0.39, 0.29) is 24.9 Å². The zero-order valence-electron chi connectivity index (χ0n) is 48.7. The van der Waals surface area contributed by atoms with E-state index in [2.05, 4.69) is 26.1 Å². The van der Waals surface area contributed by atoms with Gasteiger partial charge in [0.05, 0.1) is 25.2 Å². The van der Waals surface area contributed by atoms with Gasteiger partial charge in [0, 0.05) is 6.42 Å². The second-order valence-corrected chi connectivity index (χ2v) is 22.9. The van der Waals surface area contributed by atoms with Gasteiger partial charge in [-0.3, -0.25) is 9.59 Å². The molecule has 71 heavy (non-hydrogen) atoms. The lowest BCUT2D eigenvalue weighted by atomic mass is 10.0. The number of ether oxygens (including phenoxy) is 1. The van der Waals surface area contributed by atoms with E-state index in [1.165, 1.54) is 295 Å². The predicted octanol–water partition coefficient (Wildman–Crippen LogP) is 20.6. The number of nitrogens with one attached hydrogen (secondary N) is 1. The Morgan fingerprint density at radius 3 is 0.859 bits per heavy atom. The average Bonchev–Trinajstić information content (AvgIpc) is 3.36. The Kier molecular flexibility index (Phi) is 58.8. The van der Waals surface area contributed by atoms with Crippen molar-refractivity contribution in [2.45, 2.75) is 399 Å². The molecule has 0 radical (unpaired) electrons. The molecular formula is C65H129NO5. The summed E-state index contributed by atoms with van der Waals surface area (Å²) in [6, 6.07) is -0.694. The molecule has 0 aliphatic carbocycles. The van der Waals surface area contributed by atoms with Crippen LogP contribution in [0.4, 0.5) is 0 Å². The highest BCUT2D eigenvalue weighted by Gasteiger charge is 2.24. The van der Waals surface area contributed by atoms with Gasteiger partial charge in [-0.05, 0) is 25.7 Å². The van der Waals surface area contributed by atoms with Gasteiger partial charge < -0.3 is 20.3 Å². The first-order chi connectivity index (χ1) is 35.0. The van der Waals surface area contributed by atoms with Crippen LogP contribution in [0.3, 0.4) is 0 Å². The van der Waals surface area contributed by atoms with Crippen molar-refractivity contribution in [2.24, 2.45) is 0 Å². The van der Waals surface area contributed by atoms with Crippen molar-refractivity contribution in [3.8, 4) is 0 Å². The summed E-state index contributed by atoms with van der Waals surface area (Å²) in [6.07, 6.45) is 69.0. The monoisotopic (exact) mass is 1000 g/mol. The van der Waals surface area contributed by atoms with Crippen LogP contribution in [0.5, 0.6) is 0 Å². The number of hydrogen-bond donors (Lipinski definition) is 3. The first kappa shape index (κ1) is 69.9. The first-order valence-corrected chi connectivity index (χ1v) is 32.8. The standard InChI is InChI=1S/C65H129NO5/c1-4-7-10-13-16-19-22-25-28-31-32-34-37-40-43-46-49-52-55-58-65(70)71-61(56-53-50-47-44-41-38-35-30-27-24-21-18-15-12-9-6-3)59-64(69)66-62(60-67)63(68)57-54-51-48-45-42-39-36-33-29-26-23-20-17-14-11-8-5-2/h61-63,67-68H,4-60H2,1-3H3,(H,66,69). The SMILES string of the molecule is CCCCCCCCCCCCCCCCCCCCCC(=O)OC(CCCCCCCCCCCCCCCCCC)CC(=O)NC(CO)C(O)CCCCCCCCCCCCCCCCCCC. The Morgan fingerprint density at radius 2 is 0.592 bits per heavy atom. The van der Waals surface area contributed by atoms with Crippen molar-refractivity contribution in [1.29, 1.82) is 0 Å². The molecular weight excluding hydrogens is 875 g/mol. The lowest BCUT2D eigenvalue weighted by Crippen LogP contribution is -2.46. The van der Waals surface area contributed by atoms with E-state index >= 15 is 0 Å². The van der Waals surface area contributed by atoms with Crippen LogP contribution in [-0.4, -0.2) is 46.9 Å². The number of amides is 1. The molecule has 0 aliphatic rings. The first-order valence-electron chi connectivity index (χ1n) is 32.8. The topological polar surface area (TPSA) is 95.9 Å². The largest absolute Gasteiger partial charge is 0.462 e. The molecule has 424 valence electrons. The van der Waals surface area contributed by atoms with Gasteiger partial charge in [0.2, 0.25) is 5.91 Å². The molecule has 0 bridgehead atoms. The number of rotatable bonds is 61. The van der Waals surface area contributed by atoms with E-state index in [9.17, 15) is 19.8 Å². The number of aliphatic hydroxyl groups excluding tert-OH is 2. The van der Waals surface area contributed by atoms with Crippen LogP contribution < -0.4 is 5.32 Å². The minimum absolute atomic E-state index is 0.0893. The Hall–Kier alpha value is -1.14. The number of esters is 1. The number of hydrogen-bond acceptors (Lipinski definition) is 5. The minimum atomic E-state index is -0.781. The average molecular weight is 1000 g/mol. The Balaban J connectivity index is 4.44. The molecule has 0 aromatic heterocycles. The normalized spacial score (nSPS) is 12.9. The molecule has 0 rings (SSSR count). The molecule has 6 heteroatoms. The van der Waals surface area contributed by atoms with E-state index in [4.69, 9.17) is 4.74 Å². The fourth-order valence-electron chi connectivity index (χ4n) is 10.7. The number of carbonyl (C=O) groups excluding carboxylic acids is 2. The lowest BCUT2D eigenvalue weighted by molar-refractivity contribution is -0.151. The van der Waals surface area contributed by atoms with Crippen LogP contribution in [0.25, 0.3) is 0 Å². The highest BCUT2D eigenvalue weighted by molar-refractivity contribution is 5.77. The second kappa shape index (κ2) is 59.7. The molecule has 0 fully saturated rings. The summed E-state index contributed by atoms with van der Waals surface area (Å²) in [5.41, 5.74) is 0. The van der Waals surface area contributed by atoms with E-state index < -0.39 is 18.2 Å². The molecule has 3 N–H and O–H groups in total. The van der Waals surface area contributed by atoms with Gasteiger partial charge in [0.25, 0.3) is 0 Å². The minimum Gasteiger partial charge on any atom is -0.462 e. The zero-order valence-corrected chi connectivity index (χ0v) is 48.7. The summed E-state index contributed by atoms with van der Waals surface area (Å²) in [5.74, 6) is -0.438.